The van der Waals surface area contributed by atoms with Gasteiger partial charge in [-0.1, -0.05) is 47.8 Å². The summed E-state index contributed by atoms with van der Waals surface area (Å²) in [7, 11) is 0. The maximum Gasteiger partial charge on any atom is 0.190 e. The number of aldehydes is 1. The van der Waals surface area contributed by atoms with Crippen molar-refractivity contribution >= 4 is 35.8 Å². The molecule has 0 aliphatic rings. The first-order valence-corrected chi connectivity index (χ1v) is 8.50. The average Bonchev–Trinajstić information content (AvgIpc) is 2.53. The minimum atomic E-state index is 0.380. The third kappa shape index (κ3) is 4.00. The quantitative estimate of drug-likeness (QED) is 0.308. The molecule has 2 aromatic rings. The molecule has 0 radical (unpaired) electrons. The van der Waals surface area contributed by atoms with Gasteiger partial charge in [-0.15, -0.1) is 0 Å². The minimum Gasteiger partial charge on any atom is -0.314 e. The van der Waals surface area contributed by atoms with Crippen LogP contribution in [0.25, 0.3) is 0 Å². The molecule has 0 saturated carbocycles. The van der Waals surface area contributed by atoms with Crippen LogP contribution in [-0.4, -0.2) is 28.8 Å². The molecule has 0 saturated heterocycles. The predicted octanol–water partition coefficient (Wildman–Crippen LogP) is 3.10. The first-order valence-electron chi connectivity index (χ1n) is 6.05. The van der Waals surface area contributed by atoms with Crippen molar-refractivity contribution < 1.29 is 4.79 Å². The molecule has 0 aliphatic heterocycles. The molecule has 106 valence electrons. The van der Waals surface area contributed by atoms with Crippen molar-refractivity contribution in [1.29, 1.82) is 0 Å². The Morgan fingerprint density at radius 1 is 1.14 bits per heavy atom. The molecular weight excluding hydrogens is 302 g/mol. The highest BCUT2D eigenvalue weighted by atomic mass is 32.2. The molecule has 1 N–H and O–H groups in total. The van der Waals surface area contributed by atoms with E-state index in [2.05, 4.69) is 26.5 Å². The summed E-state index contributed by atoms with van der Waals surface area (Å²) >= 11 is 2.78. The predicted molar refractivity (Wildman–Crippen MR) is 88.8 cm³/mol. The normalized spacial score (nSPS) is 9.62. The van der Waals surface area contributed by atoms with Gasteiger partial charge in [-0.3, -0.25) is 4.79 Å². The van der Waals surface area contributed by atoms with E-state index < -0.39 is 0 Å². The maximum absolute atomic E-state index is 11.3. The van der Waals surface area contributed by atoms with Gasteiger partial charge in [0.25, 0.3) is 0 Å². The van der Waals surface area contributed by atoms with Crippen LogP contribution in [0.3, 0.4) is 0 Å². The lowest BCUT2D eigenvalue weighted by atomic mass is 10.2. The molecule has 6 heteroatoms. The molecule has 21 heavy (non-hydrogen) atoms. The van der Waals surface area contributed by atoms with Crippen LogP contribution in [0.15, 0.2) is 35.5 Å². The number of rotatable bonds is 4. The number of nitrogens with zero attached hydrogens (tertiary/aromatic N) is 2. The third-order valence-corrected chi connectivity index (χ3v) is 3.47. The summed E-state index contributed by atoms with van der Waals surface area (Å²) < 4.78 is 2.99. The Balaban J connectivity index is 2.49. The van der Waals surface area contributed by atoms with E-state index in [4.69, 9.17) is 0 Å². The monoisotopic (exact) mass is 315 g/mol. The van der Waals surface area contributed by atoms with E-state index in [1.54, 1.807) is 0 Å². The van der Waals surface area contributed by atoms with Gasteiger partial charge in [0.1, 0.15) is 5.69 Å². The first-order chi connectivity index (χ1) is 10.3. The Labute approximate surface area is 132 Å². The van der Waals surface area contributed by atoms with Crippen molar-refractivity contribution in [3.05, 3.63) is 47.2 Å². The molecule has 1 aromatic heterocycles. The number of carbonyl (C=O) groups is 1. The number of anilines is 1. The molecule has 0 spiro atoms. The van der Waals surface area contributed by atoms with E-state index in [9.17, 15) is 4.79 Å². The van der Waals surface area contributed by atoms with E-state index in [0.717, 1.165) is 11.8 Å². The van der Waals surface area contributed by atoms with Crippen LogP contribution in [0.4, 0.5) is 5.82 Å². The van der Waals surface area contributed by atoms with E-state index in [1.165, 1.54) is 23.7 Å². The molecule has 0 fully saturated rings. The molecule has 1 aromatic carbocycles. The van der Waals surface area contributed by atoms with Crippen LogP contribution in [0.1, 0.15) is 21.6 Å². The summed E-state index contributed by atoms with van der Waals surface area (Å²) in [5.41, 5.74) is 1.69. The molecule has 1 heterocycles. The molecule has 2 rings (SSSR count). The topological polar surface area (TPSA) is 54.9 Å². The molecule has 4 nitrogen and oxygen atoms in total. The molecule has 0 atom stereocenters. The number of nitrogens with one attached hydrogen (secondary N) is 1. The second-order valence-corrected chi connectivity index (χ2v) is 5.25. The molecule has 0 aliphatic carbocycles. The van der Waals surface area contributed by atoms with Gasteiger partial charge in [-0.05, 0) is 24.3 Å². The fourth-order valence-electron chi connectivity index (χ4n) is 1.57. The van der Waals surface area contributed by atoms with Gasteiger partial charge < -0.3 is 4.72 Å². The Hall–Kier alpha value is -1.97. The van der Waals surface area contributed by atoms with Gasteiger partial charge in [-0.25, -0.2) is 9.97 Å². The number of thioether (sulfide) groups is 1. The van der Waals surface area contributed by atoms with Crippen LogP contribution in [0.2, 0.25) is 0 Å². The van der Waals surface area contributed by atoms with Crippen molar-refractivity contribution in [2.45, 2.75) is 5.16 Å². The summed E-state index contributed by atoms with van der Waals surface area (Å²) in [6.45, 7) is 0. The summed E-state index contributed by atoms with van der Waals surface area (Å²) in [6, 6.07) is 9.58. The van der Waals surface area contributed by atoms with Crippen LogP contribution >= 0.6 is 23.7 Å². The molecule has 0 unspecified atom stereocenters. The molecule has 0 bridgehead atoms. The number of benzene rings is 1. The fourth-order valence-corrected chi connectivity index (χ4v) is 2.29. The largest absolute Gasteiger partial charge is 0.314 e. The second kappa shape index (κ2) is 7.72. The number of aromatic nitrogens is 2. The van der Waals surface area contributed by atoms with Crippen LogP contribution in [-0.2, 0) is 0 Å². The number of hydrogen-bond donors (Lipinski definition) is 1. The number of hydrogen-bond acceptors (Lipinski definition) is 6. The van der Waals surface area contributed by atoms with Crippen LogP contribution < -0.4 is 4.72 Å². The van der Waals surface area contributed by atoms with Crippen LogP contribution in [0.5, 0.6) is 0 Å². The second-order valence-electron chi connectivity index (χ2n) is 3.86. The number of carbonyl (C=O) groups excluding carboxylic acids is 1. The minimum absolute atomic E-state index is 0.380. The smallest absolute Gasteiger partial charge is 0.190 e. The van der Waals surface area contributed by atoms with E-state index in [-0.39, 0.29) is 0 Å². The Morgan fingerprint density at radius 3 is 2.52 bits per heavy atom. The zero-order chi connectivity index (χ0) is 15.1. The molecule has 0 amide bonds. The highest BCUT2D eigenvalue weighted by molar-refractivity contribution is 7.99. The molecular formula is C15H13N3OS2. The Kier molecular flexibility index (Phi) is 5.67. The standard InChI is InChI=1S/C15H13N3OS2/c1-20-15-16-13(9-8-11-6-4-3-5-7-11)12(10-19)14(17-15)18-21-2/h3-7,10H,1-2H3,(H,16,17,18). The van der Waals surface area contributed by atoms with Gasteiger partial charge >= 0.3 is 0 Å². The highest BCUT2D eigenvalue weighted by Gasteiger charge is 2.12. The fraction of sp³-hybridized carbons (Fsp3) is 0.133. The van der Waals surface area contributed by atoms with Crippen molar-refractivity contribution in [1.82, 2.24) is 9.97 Å². The Morgan fingerprint density at radius 2 is 1.90 bits per heavy atom. The lowest BCUT2D eigenvalue weighted by Gasteiger charge is -2.07. The van der Waals surface area contributed by atoms with E-state index >= 15 is 0 Å². The lowest BCUT2D eigenvalue weighted by molar-refractivity contribution is 0.112. The van der Waals surface area contributed by atoms with Gasteiger partial charge in [0.2, 0.25) is 0 Å². The van der Waals surface area contributed by atoms with Crippen LogP contribution in [0, 0.1) is 11.8 Å². The van der Waals surface area contributed by atoms with Gasteiger partial charge in [0.05, 0.1) is 5.56 Å². The lowest BCUT2D eigenvalue weighted by Crippen LogP contribution is -2.03. The SMILES string of the molecule is CSNc1nc(SC)nc(C#Cc2ccccc2)c1C=O. The third-order valence-electron chi connectivity index (χ3n) is 2.52. The summed E-state index contributed by atoms with van der Waals surface area (Å²) in [5.74, 6) is 6.47. The van der Waals surface area contributed by atoms with Crippen molar-refractivity contribution in [2.75, 3.05) is 17.2 Å². The maximum atomic E-state index is 11.3. The zero-order valence-electron chi connectivity index (χ0n) is 11.6. The van der Waals surface area contributed by atoms with Crippen molar-refractivity contribution in [2.24, 2.45) is 0 Å². The average molecular weight is 315 g/mol. The van der Waals surface area contributed by atoms with E-state index in [0.29, 0.717) is 22.2 Å². The van der Waals surface area contributed by atoms with Gasteiger partial charge in [-0.2, -0.15) is 0 Å². The van der Waals surface area contributed by atoms with Crippen molar-refractivity contribution in [3.8, 4) is 11.8 Å². The highest BCUT2D eigenvalue weighted by Crippen LogP contribution is 2.20. The first kappa shape index (κ1) is 15.4. The summed E-state index contributed by atoms with van der Waals surface area (Å²) in [6.07, 6.45) is 4.48. The summed E-state index contributed by atoms with van der Waals surface area (Å²) in [5, 5.41) is 0.578. The zero-order valence-corrected chi connectivity index (χ0v) is 13.2. The van der Waals surface area contributed by atoms with E-state index in [1.807, 2.05) is 42.8 Å². The van der Waals surface area contributed by atoms with Gasteiger partial charge in [0, 0.05) is 11.8 Å². The van der Waals surface area contributed by atoms with Crippen molar-refractivity contribution in [3.63, 3.8) is 0 Å². The van der Waals surface area contributed by atoms with Gasteiger partial charge in [0.15, 0.2) is 17.3 Å². The summed E-state index contributed by atoms with van der Waals surface area (Å²) in [4.78, 5) is 19.9. The Bertz CT molecular complexity index is 693.